The van der Waals surface area contributed by atoms with Crippen molar-refractivity contribution in [2.24, 2.45) is 0 Å². The molecule has 0 aliphatic carbocycles. The fourth-order valence-corrected chi connectivity index (χ4v) is 1.97. The van der Waals surface area contributed by atoms with E-state index in [9.17, 15) is 4.39 Å². The third-order valence-electron chi connectivity index (χ3n) is 2.82. The van der Waals surface area contributed by atoms with Crippen molar-refractivity contribution in [3.05, 3.63) is 64.4 Å². The Balaban J connectivity index is 2.20. The molecule has 0 fully saturated rings. The molecular formula is C15H12ClFN2. The summed E-state index contributed by atoms with van der Waals surface area (Å²) in [6, 6.07) is 13.5. The van der Waals surface area contributed by atoms with Crippen molar-refractivity contribution in [2.75, 3.05) is 5.32 Å². The van der Waals surface area contributed by atoms with Crippen molar-refractivity contribution in [1.82, 2.24) is 0 Å². The monoisotopic (exact) mass is 274 g/mol. The second-order valence-corrected chi connectivity index (χ2v) is 4.63. The molecule has 1 atom stereocenters. The first kappa shape index (κ1) is 13.4. The lowest BCUT2D eigenvalue weighted by Gasteiger charge is -2.16. The molecule has 0 aliphatic heterocycles. The van der Waals surface area contributed by atoms with Gasteiger partial charge in [-0.3, -0.25) is 0 Å². The van der Waals surface area contributed by atoms with Gasteiger partial charge >= 0.3 is 0 Å². The minimum Gasteiger partial charge on any atom is -0.378 e. The van der Waals surface area contributed by atoms with Gasteiger partial charge in [0.2, 0.25) is 0 Å². The molecule has 96 valence electrons. The minimum absolute atomic E-state index is 0.0663. The molecule has 2 aromatic carbocycles. The summed E-state index contributed by atoms with van der Waals surface area (Å²) in [5, 5.41) is 12.6. The lowest BCUT2D eigenvalue weighted by atomic mass is 10.1. The third kappa shape index (κ3) is 3.24. The minimum atomic E-state index is -0.264. The quantitative estimate of drug-likeness (QED) is 0.893. The maximum Gasteiger partial charge on any atom is 0.123 e. The molecule has 0 aliphatic rings. The predicted molar refractivity (Wildman–Crippen MR) is 74.6 cm³/mol. The number of nitriles is 1. The van der Waals surface area contributed by atoms with Crippen LogP contribution in [0.2, 0.25) is 5.02 Å². The number of hydrogen-bond donors (Lipinski definition) is 1. The Morgan fingerprint density at radius 1 is 1.26 bits per heavy atom. The van der Waals surface area contributed by atoms with Crippen LogP contribution in [0.3, 0.4) is 0 Å². The van der Waals surface area contributed by atoms with Gasteiger partial charge in [-0.05, 0) is 42.8 Å². The second-order valence-electron chi connectivity index (χ2n) is 4.23. The summed E-state index contributed by atoms with van der Waals surface area (Å²) in [5.41, 5.74) is 2.03. The fourth-order valence-electron chi connectivity index (χ4n) is 1.81. The van der Waals surface area contributed by atoms with Crippen LogP contribution in [0.5, 0.6) is 0 Å². The maximum absolute atomic E-state index is 13.1. The Bertz CT molecular complexity index is 634. The average molecular weight is 275 g/mol. The number of halogens is 2. The smallest absolute Gasteiger partial charge is 0.123 e. The van der Waals surface area contributed by atoms with E-state index in [1.807, 2.05) is 19.1 Å². The Kier molecular flexibility index (Phi) is 4.03. The lowest BCUT2D eigenvalue weighted by molar-refractivity contribution is 0.623. The van der Waals surface area contributed by atoms with Crippen LogP contribution in [-0.4, -0.2) is 0 Å². The van der Waals surface area contributed by atoms with Gasteiger partial charge in [0.15, 0.2) is 0 Å². The summed E-state index contributed by atoms with van der Waals surface area (Å²) in [4.78, 5) is 0. The van der Waals surface area contributed by atoms with E-state index < -0.39 is 0 Å². The standard InChI is InChI=1S/C15H12ClFN2/c1-10(11-3-2-4-13(17)7-11)19-14-5-6-15(16)12(8-14)9-18/h2-8,10,19H,1H3. The van der Waals surface area contributed by atoms with Gasteiger partial charge in [0, 0.05) is 11.7 Å². The number of hydrogen-bond acceptors (Lipinski definition) is 2. The molecule has 2 rings (SSSR count). The van der Waals surface area contributed by atoms with Crippen LogP contribution in [0.1, 0.15) is 24.1 Å². The van der Waals surface area contributed by atoms with Crippen LogP contribution in [0.15, 0.2) is 42.5 Å². The summed E-state index contributed by atoms with van der Waals surface area (Å²) < 4.78 is 13.1. The fraction of sp³-hybridized carbons (Fsp3) is 0.133. The van der Waals surface area contributed by atoms with E-state index in [-0.39, 0.29) is 11.9 Å². The SMILES string of the molecule is CC(Nc1ccc(Cl)c(C#N)c1)c1cccc(F)c1. The highest BCUT2D eigenvalue weighted by atomic mass is 35.5. The van der Waals surface area contributed by atoms with E-state index in [2.05, 4.69) is 5.32 Å². The van der Waals surface area contributed by atoms with Gasteiger partial charge in [0.25, 0.3) is 0 Å². The second kappa shape index (κ2) is 5.73. The van der Waals surface area contributed by atoms with Gasteiger partial charge in [-0.2, -0.15) is 5.26 Å². The first-order chi connectivity index (χ1) is 9.10. The van der Waals surface area contributed by atoms with Crippen molar-refractivity contribution in [3.8, 4) is 6.07 Å². The van der Waals surface area contributed by atoms with Gasteiger partial charge in [-0.15, -0.1) is 0 Å². The summed E-state index contributed by atoms with van der Waals surface area (Å²) in [6.07, 6.45) is 0. The van der Waals surface area contributed by atoms with Crippen molar-refractivity contribution in [3.63, 3.8) is 0 Å². The van der Waals surface area contributed by atoms with E-state index in [1.165, 1.54) is 12.1 Å². The van der Waals surface area contributed by atoms with Crippen LogP contribution in [-0.2, 0) is 0 Å². The third-order valence-corrected chi connectivity index (χ3v) is 3.15. The largest absolute Gasteiger partial charge is 0.378 e. The van der Waals surface area contributed by atoms with Gasteiger partial charge < -0.3 is 5.32 Å². The molecule has 1 unspecified atom stereocenters. The van der Waals surface area contributed by atoms with Crippen LogP contribution < -0.4 is 5.32 Å². The van der Waals surface area contributed by atoms with Crippen LogP contribution in [0.25, 0.3) is 0 Å². The Hall–Kier alpha value is -2.05. The highest BCUT2D eigenvalue weighted by molar-refractivity contribution is 6.31. The lowest BCUT2D eigenvalue weighted by Crippen LogP contribution is -2.07. The van der Waals surface area contributed by atoms with Gasteiger partial charge in [0.1, 0.15) is 11.9 Å². The zero-order valence-corrected chi connectivity index (χ0v) is 11.1. The number of nitrogens with one attached hydrogen (secondary N) is 1. The van der Waals surface area contributed by atoms with Crippen molar-refractivity contribution in [2.45, 2.75) is 13.0 Å². The summed E-state index contributed by atoms with van der Waals surface area (Å²) in [7, 11) is 0. The Morgan fingerprint density at radius 3 is 2.74 bits per heavy atom. The highest BCUT2D eigenvalue weighted by Crippen LogP contribution is 2.24. The summed E-state index contributed by atoms with van der Waals surface area (Å²) >= 11 is 5.87. The Morgan fingerprint density at radius 2 is 2.05 bits per heavy atom. The molecule has 0 saturated carbocycles. The predicted octanol–water partition coefficient (Wildman–Crippen LogP) is 4.52. The molecule has 0 amide bonds. The zero-order valence-electron chi connectivity index (χ0n) is 10.3. The van der Waals surface area contributed by atoms with Crippen molar-refractivity contribution < 1.29 is 4.39 Å². The number of nitrogens with zero attached hydrogens (tertiary/aromatic N) is 1. The molecule has 0 spiro atoms. The molecule has 4 heteroatoms. The zero-order chi connectivity index (χ0) is 13.8. The molecule has 0 saturated heterocycles. The molecular weight excluding hydrogens is 263 g/mol. The molecule has 0 bridgehead atoms. The van der Waals surface area contributed by atoms with E-state index >= 15 is 0 Å². The van der Waals surface area contributed by atoms with E-state index in [1.54, 1.807) is 24.3 Å². The van der Waals surface area contributed by atoms with Crippen LogP contribution in [0, 0.1) is 17.1 Å². The number of rotatable bonds is 3. The Labute approximate surface area is 116 Å². The molecule has 1 N–H and O–H groups in total. The van der Waals surface area contributed by atoms with Gasteiger partial charge in [-0.1, -0.05) is 23.7 Å². The molecule has 0 heterocycles. The summed E-state index contributed by atoms with van der Waals surface area (Å²) in [5.74, 6) is -0.264. The number of anilines is 1. The van der Waals surface area contributed by atoms with Crippen LogP contribution in [0.4, 0.5) is 10.1 Å². The molecule has 2 aromatic rings. The molecule has 0 aromatic heterocycles. The summed E-state index contributed by atoms with van der Waals surface area (Å²) in [6.45, 7) is 1.93. The molecule has 19 heavy (non-hydrogen) atoms. The number of benzene rings is 2. The van der Waals surface area contributed by atoms with Crippen LogP contribution >= 0.6 is 11.6 Å². The first-order valence-electron chi connectivity index (χ1n) is 5.82. The molecule has 0 radical (unpaired) electrons. The van der Waals surface area contributed by atoms with E-state index in [0.717, 1.165) is 11.3 Å². The highest BCUT2D eigenvalue weighted by Gasteiger charge is 2.07. The normalized spacial score (nSPS) is 11.7. The van der Waals surface area contributed by atoms with E-state index in [4.69, 9.17) is 16.9 Å². The first-order valence-corrected chi connectivity index (χ1v) is 6.19. The topological polar surface area (TPSA) is 35.8 Å². The van der Waals surface area contributed by atoms with Crippen molar-refractivity contribution >= 4 is 17.3 Å². The van der Waals surface area contributed by atoms with Crippen molar-refractivity contribution in [1.29, 1.82) is 5.26 Å². The van der Waals surface area contributed by atoms with Gasteiger partial charge in [0.05, 0.1) is 10.6 Å². The molecule has 2 nitrogen and oxygen atoms in total. The van der Waals surface area contributed by atoms with E-state index in [0.29, 0.717) is 10.6 Å². The maximum atomic E-state index is 13.1. The average Bonchev–Trinajstić information content (AvgIpc) is 2.41. The van der Waals surface area contributed by atoms with Gasteiger partial charge in [-0.25, -0.2) is 4.39 Å².